The second kappa shape index (κ2) is 11.9. The maximum atomic E-state index is 14.0. The van der Waals surface area contributed by atoms with E-state index in [-0.39, 0.29) is 17.9 Å². The minimum absolute atomic E-state index is 0.0338. The van der Waals surface area contributed by atoms with Gasteiger partial charge in [0.15, 0.2) is 0 Å². The summed E-state index contributed by atoms with van der Waals surface area (Å²) in [7, 11) is 1.58. The van der Waals surface area contributed by atoms with Crippen LogP contribution < -0.4 is 9.64 Å². The number of rotatable bonds is 8. The van der Waals surface area contributed by atoms with Crippen LogP contribution in [0.3, 0.4) is 0 Å². The zero-order chi connectivity index (χ0) is 27.6. The molecule has 2 aromatic heterocycles. The molecule has 3 aliphatic carbocycles. The summed E-state index contributed by atoms with van der Waals surface area (Å²) < 4.78 is 7.29. The number of pyridine rings is 1. The van der Waals surface area contributed by atoms with Crippen LogP contribution in [-0.4, -0.2) is 45.5 Å². The first-order valence-corrected chi connectivity index (χ1v) is 15.2. The van der Waals surface area contributed by atoms with Gasteiger partial charge in [-0.3, -0.25) is 9.48 Å². The highest BCUT2D eigenvalue weighted by atomic mass is 35.5. The van der Waals surface area contributed by atoms with E-state index in [1.807, 2.05) is 23.4 Å². The molecule has 212 valence electrons. The van der Waals surface area contributed by atoms with Crippen molar-refractivity contribution in [1.82, 2.24) is 14.8 Å². The number of aliphatic hydroxyl groups is 1. The van der Waals surface area contributed by atoms with Gasteiger partial charge < -0.3 is 14.7 Å². The number of carbonyl (C=O) groups excluding carboxylic acids is 1. The molecule has 7 nitrogen and oxygen atoms in total. The van der Waals surface area contributed by atoms with Crippen molar-refractivity contribution >= 4 is 23.2 Å². The average molecular weight is 563 g/mol. The first-order chi connectivity index (χ1) is 19.5. The van der Waals surface area contributed by atoms with Crippen LogP contribution in [0, 0.1) is 11.8 Å². The summed E-state index contributed by atoms with van der Waals surface area (Å²) in [6.07, 6.45) is 15.2. The Morgan fingerprint density at radius 1 is 1.02 bits per heavy atom. The van der Waals surface area contributed by atoms with Crippen LogP contribution in [0.25, 0.3) is 11.1 Å². The first kappa shape index (κ1) is 27.3. The predicted molar refractivity (Wildman–Crippen MR) is 157 cm³/mol. The van der Waals surface area contributed by atoms with Gasteiger partial charge in [-0.2, -0.15) is 5.10 Å². The Hall–Kier alpha value is -2.90. The van der Waals surface area contributed by atoms with Crippen LogP contribution in [-0.2, 0) is 4.79 Å². The molecule has 1 N–H and O–H groups in total. The van der Waals surface area contributed by atoms with Crippen LogP contribution in [0.1, 0.15) is 81.7 Å². The van der Waals surface area contributed by atoms with Gasteiger partial charge in [0.1, 0.15) is 5.02 Å². The molecule has 0 unspecified atom stereocenters. The Bertz CT molecular complexity index is 1320. The number of halogens is 1. The van der Waals surface area contributed by atoms with Gasteiger partial charge >= 0.3 is 0 Å². The number of aliphatic hydroxyl groups excluding tert-OH is 1. The number of amides is 1. The molecule has 1 aromatic carbocycles. The van der Waals surface area contributed by atoms with Crippen molar-refractivity contribution in [1.29, 1.82) is 0 Å². The van der Waals surface area contributed by atoms with Gasteiger partial charge in [0, 0.05) is 36.1 Å². The van der Waals surface area contributed by atoms with E-state index in [0.717, 1.165) is 67.4 Å². The number of hydrogen-bond acceptors (Lipinski definition) is 5. The number of benzene rings is 1. The number of carbonyl (C=O) groups is 1. The smallest absolute Gasteiger partial charge is 0.232 e. The fourth-order valence-electron chi connectivity index (χ4n) is 6.50. The van der Waals surface area contributed by atoms with E-state index in [2.05, 4.69) is 45.2 Å². The Balaban J connectivity index is 1.19. The van der Waals surface area contributed by atoms with E-state index < -0.39 is 0 Å². The predicted octanol–water partition coefficient (Wildman–Crippen LogP) is 6.80. The van der Waals surface area contributed by atoms with E-state index in [1.54, 1.807) is 7.11 Å². The third kappa shape index (κ3) is 6.06. The van der Waals surface area contributed by atoms with Gasteiger partial charge in [-0.1, -0.05) is 23.7 Å². The van der Waals surface area contributed by atoms with Gasteiger partial charge in [0.25, 0.3) is 0 Å². The van der Waals surface area contributed by atoms with Crippen LogP contribution in [0.5, 0.6) is 5.88 Å². The molecule has 0 saturated heterocycles. The average Bonchev–Trinajstić information content (AvgIpc) is 3.72. The zero-order valence-electron chi connectivity index (χ0n) is 23.2. The lowest BCUT2D eigenvalue weighted by Gasteiger charge is -2.36. The van der Waals surface area contributed by atoms with Gasteiger partial charge in [-0.25, -0.2) is 4.98 Å². The van der Waals surface area contributed by atoms with E-state index in [0.29, 0.717) is 41.6 Å². The molecular formula is C32H39ClN4O3. The highest BCUT2D eigenvalue weighted by Crippen LogP contribution is 2.40. The van der Waals surface area contributed by atoms with Gasteiger partial charge in [-0.15, -0.1) is 0 Å². The topological polar surface area (TPSA) is 80.5 Å². The number of nitrogens with zero attached hydrogens (tertiary/aromatic N) is 4. The molecule has 3 aromatic rings. The summed E-state index contributed by atoms with van der Waals surface area (Å²) in [6.45, 7) is 0.719. The fourth-order valence-corrected chi connectivity index (χ4v) is 6.75. The molecule has 40 heavy (non-hydrogen) atoms. The van der Waals surface area contributed by atoms with Crippen LogP contribution in [0.2, 0.25) is 5.02 Å². The summed E-state index contributed by atoms with van der Waals surface area (Å²) in [5.41, 5.74) is 4.31. The molecule has 2 heterocycles. The van der Waals surface area contributed by atoms with Crippen LogP contribution in [0.15, 0.2) is 48.9 Å². The lowest BCUT2D eigenvalue weighted by atomic mass is 9.78. The molecule has 1 amide bonds. The number of anilines is 1. The molecule has 0 spiro atoms. The van der Waals surface area contributed by atoms with Crippen molar-refractivity contribution in [3.63, 3.8) is 0 Å². The SMILES string of the molecule is COc1ncc([C@H]2CC[C@H](CN(c3cccc(-c4cnn(C5CC5)c4)c3)C(=O)[C@H]3CC[C@H](O)CC3)CC2)cc1Cl. The monoisotopic (exact) mass is 562 g/mol. The Kier molecular flexibility index (Phi) is 8.12. The molecule has 0 bridgehead atoms. The second-order valence-corrected chi connectivity index (χ2v) is 12.3. The largest absolute Gasteiger partial charge is 0.480 e. The summed E-state index contributed by atoms with van der Waals surface area (Å²) in [6, 6.07) is 10.9. The molecule has 3 saturated carbocycles. The summed E-state index contributed by atoms with van der Waals surface area (Å²) in [5, 5.41) is 15.2. The number of aromatic nitrogens is 3. The second-order valence-electron chi connectivity index (χ2n) is 11.9. The summed E-state index contributed by atoms with van der Waals surface area (Å²) in [4.78, 5) is 20.4. The van der Waals surface area contributed by atoms with Crippen molar-refractivity contribution in [2.45, 2.75) is 82.3 Å². The quantitative estimate of drug-likeness (QED) is 0.326. The van der Waals surface area contributed by atoms with Crippen molar-refractivity contribution in [3.05, 3.63) is 59.5 Å². The van der Waals surface area contributed by atoms with Gasteiger partial charge in [0.05, 0.1) is 25.5 Å². The maximum Gasteiger partial charge on any atom is 0.232 e. The first-order valence-electron chi connectivity index (χ1n) is 14.8. The molecular weight excluding hydrogens is 524 g/mol. The maximum absolute atomic E-state index is 14.0. The number of ether oxygens (including phenoxy) is 1. The fraction of sp³-hybridized carbons (Fsp3) is 0.531. The molecule has 3 aliphatic rings. The van der Waals surface area contributed by atoms with Gasteiger partial charge in [-0.05, 0) is 105 Å². The lowest BCUT2D eigenvalue weighted by molar-refractivity contribution is -0.124. The highest BCUT2D eigenvalue weighted by Gasteiger charge is 2.33. The van der Waals surface area contributed by atoms with Crippen LogP contribution in [0.4, 0.5) is 5.69 Å². The standard InChI is InChI=1S/C32H39ClN4O3/c1-40-31-30(33)16-25(17-34-31)22-7-5-21(6-8-22)19-36(32(39)23-9-13-29(38)14-10-23)28-4-2-3-24(15-28)26-18-35-37(20-26)27-11-12-27/h2-4,15-18,20-23,27,29,38H,5-14,19H2,1H3/t21-,22-,23-,29-. The molecule has 3 fully saturated rings. The number of methoxy groups -OCH3 is 1. The van der Waals surface area contributed by atoms with E-state index >= 15 is 0 Å². The molecule has 0 radical (unpaired) electrons. The Labute approximate surface area is 241 Å². The number of hydrogen-bond donors (Lipinski definition) is 1. The zero-order valence-corrected chi connectivity index (χ0v) is 24.0. The van der Waals surface area contributed by atoms with Crippen molar-refractivity contribution in [2.24, 2.45) is 11.8 Å². The molecule has 6 rings (SSSR count). The molecule has 0 aliphatic heterocycles. The summed E-state index contributed by atoms with van der Waals surface area (Å²) in [5.74, 6) is 1.48. The van der Waals surface area contributed by atoms with E-state index in [4.69, 9.17) is 16.3 Å². The normalized spacial score (nSPS) is 25.0. The van der Waals surface area contributed by atoms with Crippen molar-refractivity contribution in [3.8, 4) is 17.0 Å². The summed E-state index contributed by atoms with van der Waals surface area (Å²) >= 11 is 6.36. The molecule has 8 heteroatoms. The van der Waals surface area contributed by atoms with Crippen molar-refractivity contribution < 1.29 is 14.6 Å². The minimum Gasteiger partial charge on any atom is -0.480 e. The minimum atomic E-state index is -0.278. The van der Waals surface area contributed by atoms with Crippen molar-refractivity contribution in [2.75, 3.05) is 18.6 Å². The Morgan fingerprint density at radius 3 is 2.50 bits per heavy atom. The third-order valence-electron chi connectivity index (χ3n) is 9.11. The van der Waals surface area contributed by atoms with Gasteiger partial charge in [0.2, 0.25) is 11.8 Å². The lowest BCUT2D eigenvalue weighted by Crippen LogP contribution is -2.41. The third-order valence-corrected chi connectivity index (χ3v) is 9.38. The van der Waals surface area contributed by atoms with E-state index in [9.17, 15) is 9.90 Å². The highest BCUT2D eigenvalue weighted by molar-refractivity contribution is 6.31. The Morgan fingerprint density at radius 2 is 1.80 bits per heavy atom. The van der Waals surface area contributed by atoms with E-state index in [1.165, 1.54) is 12.8 Å². The van der Waals surface area contributed by atoms with Crippen LogP contribution >= 0.6 is 11.6 Å². The molecule has 0 atom stereocenters.